The van der Waals surface area contributed by atoms with Gasteiger partial charge in [0.2, 0.25) is 0 Å². The summed E-state index contributed by atoms with van der Waals surface area (Å²) in [4.78, 5) is 19.4. The maximum absolute atomic E-state index is 14.0. The molecule has 11 heteroatoms. The van der Waals surface area contributed by atoms with Gasteiger partial charge in [-0.25, -0.2) is 18.2 Å². The molecule has 37 heavy (non-hydrogen) atoms. The topological polar surface area (TPSA) is 79.6 Å². The standard InChI is InChI=1S/C26H26ClF3N4O3/c1-37-14-20-12-33-10-17(21-6-24(31-9-22(21)27)32-19-7-26(29,30)8-19)5-23(33)25(36)34(20)11-16-4-18(28)3-2-15(16)13-35/h2-6,9-10,19-20,35H,7-8,11-14H2,1H3,(H,31,32). The number of fused-ring (bicyclic) bond motifs is 1. The second-order valence-corrected chi connectivity index (χ2v) is 9.94. The molecule has 2 aliphatic rings. The van der Waals surface area contributed by atoms with E-state index in [2.05, 4.69) is 10.3 Å². The molecule has 2 aromatic heterocycles. The summed E-state index contributed by atoms with van der Waals surface area (Å²) in [5, 5.41) is 13.1. The molecule has 196 valence electrons. The van der Waals surface area contributed by atoms with Gasteiger partial charge in [0.05, 0.1) is 24.3 Å². The van der Waals surface area contributed by atoms with Crippen molar-refractivity contribution in [3.05, 3.63) is 70.4 Å². The number of methoxy groups -OCH3 is 1. The molecule has 1 aliphatic heterocycles. The van der Waals surface area contributed by atoms with Crippen LogP contribution >= 0.6 is 11.6 Å². The number of hydrogen-bond acceptors (Lipinski definition) is 5. The maximum atomic E-state index is 14.0. The number of aromatic nitrogens is 2. The summed E-state index contributed by atoms with van der Waals surface area (Å²) in [6.45, 7) is 0.530. The summed E-state index contributed by atoms with van der Waals surface area (Å²) < 4.78 is 47.6. The van der Waals surface area contributed by atoms with Crippen molar-refractivity contribution < 1.29 is 27.8 Å². The maximum Gasteiger partial charge on any atom is 0.271 e. The Balaban J connectivity index is 1.43. The van der Waals surface area contributed by atoms with Gasteiger partial charge in [0.25, 0.3) is 11.8 Å². The number of nitrogens with zero attached hydrogens (tertiary/aromatic N) is 3. The van der Waals surface area contributed by atoms with Gasteiger partial charge in [0.15, 0.2) is 0 Å². The molecule has 5 rings (SSSR count). The normalized spacial score (nSPS) is 19.0. The van der Waals surface area contributed by atoms with Crippen molar-refractivity contribution in [1.82, 2.24) is 14.5 Å². The molecule has 3 heterocycles. The first-order valence-corrected chi connectivity index (χ1v) is 12.2. The Morgan fingerprint density at radius 1 is 1.24 bits per heavy atom. The van der Waals surface area contributed by atoms with E-state index in [1.807, 2.05) is 10.8 Å². The molecule has 3 aromatic rings. The predicted molar refractivity (Wildman–Crippen MR) is 132 cm³/mol. The number of carbonyl (C=O) groups is 1. The number of pyridine rings is 1. The Morgan fingerprint density at radius 2 is 2.03 bits per heavy atom. The van der Waals surface area contributed by atoms with Crippen LogP contribution in [0.4, 0.5) is 19.0 Å². The second kappa shape index (κ2) is 10.00. The van der Waals surface area contributed by atoms with Gasteiger partial charge in [0.1, 0.15) is 17.3 Å². The largest absolute Gasteiger partial charge is 0.392 e. The number of anilines is 1. The van der Waals surface area contributed by atoms with Gasteiger partial charge in [0, 0.05) is 62.6 Å². The number of rotatable bonds is 8. The summed E-state index contributed by atoms with van der Waals surface area (Å²) in [5.74, 6) is -2.94. The van der Waals surface area contributed by atoms with Gasteiger partial charge in [-0.1, -0.05) is 17.7 Å². The lowest BCUT2D eigenvalue weighted by molar-refractivity contribution is -0.0794. The number of carbonyl (C=O) groups excluding carboxylic acids is 1. The highest BCUT2D eigenvalue weighted by Crippen LogP contribution is 2.40. The molecule has 0 saturated heterocycles. The van der Waals surface area contributed by atoms with Crippen LogP contribution in [0.5, 0.6) is 0 Å². The number of alkyl halides is 2. The molecule has 1 aromatic carbocycles. The minimum Gasteiger partial charge on any atom is -0.392 e. The first-order valence-electron chi connectivity index (χ1n) is 11.9. The first kappa shape index (κ1) is 25.6. The number of benzene rings is 1. The average Bonchev–Trinajstić information content (AvgIpc) is 3.26. The van der Waals surface area contributed by atoms with E-state index >= 15 is 0 Å². The molecular weight excluding hydrogens is 509 g/mol. The molecule has 0 radical (unpaired) electrons. The van der Waals surface area contributed by atoms with Crippen LogP contribution in [0.2, 0.25) is 5.02 Å². The molecule has 1 saturated carbocycles. The highest BCUT2D eigenvalue weighted by atomic mass is 35.5. The third-order valence-electron chi connectivity index (χ3n) is 6.87. The second-order valence-electron chi connectivity index (χ2n) is 9.53. The molecular formula is C26H26ClF3N4O3. The lowest BCUT2D eigenvalue weighted by atomic mass is 9.88. The smallest absolute Gasteiger partial charge is 0.271 e. The van der Waals surface area contributed by atoms with Gasteiger partial charge in [-0.05, 0) is 35.4 Å². The third kappa shape index (κ3) is 5.18. The van der Waals surface area contributed by atoms with E-state index in [4.69, 9.17) is 16.3 Å². The van der Waals surface area contributed by atoms with Gasteiger partial charge in [-0.15, -0.1) is 0 Å². The number of nitrogens with one attached hydrogen (secondary N) is 1. The molecule has 1 atom stereocenters. The fraction of sp³-hybridized carbons (Fsp3) is 0.385. The number of aliphatic hydroxyl groups is 1. The summed E-state index contributed by atoms with van der Waals surface area (Å²) in [6, 6.07) is 6.82. The van der Waals surface area contributed by atoms with Gasteiger partial charge >= 0.3 is 0 Å². The molecule has 2 N–H and O–H groups in total. The van der Waals surface area contributed by atoms with Crippen LogP contribution in [0.1, 0.15) is 34.5 Å². The summed E-state index contributed by atoms with van der Waals surface area (Å²) in [7, 11) is 1.55. The van der Waals surface area contributed by atoms with Crippen LogP contribution in [0.25, 0.3) is 11.1 Å². The quantitative estimate of drug-likeness (QED) is 0.437. The van der Waals surface area contributed by atoms with E-state index in [1.54, 1.807) is 24.1 Å². The third-order valence-corrected chi connectivity index (χ3v) is 7.17. The van der Waals surface area contributed by atoms with E-state index in [-0.39, 0.29) is 50.6 Å². The minimum absolute atomic E-state index is 0.108. The average molecular weight is 535 g/mol. The van der Waals surface area contributed by atoms with Crippen molar-refractivity contribution in [2.75, 3.05) is 19.0 Å². The van der Waals surface area contributed by atoms with Crippen molar-refractivity contribution in [2.45, 2.75) is 50.5 Å². The lowest BCUT2D eigenvalue weighted by Crippen LogP contribution is -2.49. The van der Waals surface area contributed by atoms with Gasteiger partial charge in [-0.2, -0.15) is 0 Å². The zero-order valence-corrected chi connectivity index (χ0v) is 20.8. The van der Waals surface area contributed by atoms with Gasteiger partial charge in [-0.3, -0.25) is 4.79 Å². The Bertz CT molecular complexity index is 1320. The molecule has 1 unspecified atom stereocenters. The molecule has 0 bridgehead atoms. The van der Waals surface area contributed by atoms with E-state index < -0.39 is 11.7 Å². The van der Waals surface area contributed by atoms with Crippen LogP contribution in [0, 0.1) is 5.82 Å². The predicted octanol–water partition coefficient (Wildman–Crippen LogP) is 4.72. The van der Waals surface area contributed by atoms with E-state index in [0.29, 0.717) is 45.3 Å². The summed E-state index contributed by atoms with van der Waals surface area (Å²) in [6.07, 6.45) is 2.77. The molecule has 1 aliphatic carbocycles. The highest BCUT2D eigenvalue weighted by Gasteiger charge is 2.45. The van der Waals surface area contributed by atoms with Crippen LogP contribution in [-0.4, -0.2) is 57.2 Å². The van der Waals surface area contributed by atoms with E-state index in [1.165, 1.54) is 24.4 Å². The van der Waals surface area contributed by atoms with Crippen LogP contribution in [0.3, 0.4) is 0 Å². The number of ether oxygens (including phenoxy) is 1. The fourth-order valence-corrected chi connectivity index (χ4v) is 5.17. The Labute approximate surface area is 216 Å². The minimum atomic E-state index is -2.65. The zero-order chi connectivity index (χ0) is 26.3. The number of amides is 1. The van der Waals surface area contributed by atoms with Crippen molar-refractivity contribution in [1.29, 1.82) is 0 Å². The van der Waals surface area contributed by atoms with E-state index in [9.17, 15) is 23.1 Å². The van der Waals surface area contributed by atoms with Crippen LogP contribution in [0.15, 0.2) is 42.7 Å². The SMILES string of the molecule is COCC1Cn2cc(-c3cc(NC4CC(F)(F)C4)ncc3Cl)cc2C(=O)N1Cc1cc(F)ccc1CO. The molecule has 0 spiro atoms. The summed E-state index contributed by atoms with van der Waals surface area (Å²) in [5.41, 5.74) is 2.77. The Morgan fingerprint density at radius 3 is 2.73 bits per heavy atom. The number of hydrogen-bond donors (Lipinski definition) is 2. The van der Waals surface area contributed by atoms with Gasteiger partial charge < -0.3 is 24.6 Å². The van der Waals surface area contributed by atoms with Crippen LogP contribution < -0.4 is 5.32 Å². The van der Waals surface area contributed by atoms with E-state index in [0.717, 1.165) is 0 Å². The lowest BCUT2D eigenvalue weighted by Gasteiger charge is -2.36. The highest BCUT2D eigenvalue weighted by molar-refractivity contribution is 6.33. The Kier molecular flexibility index (Phi) is 6.91. The zero-order valence-electron chi connectivity index (χ0n) is 20.1. The molecule has 1 fully saturated rings. The van der Waals surface area contributed by atoms with Crippen molar-refractivity contribution >= 4 is 23.3 Å². The van der Waals surface area contributed by atoms with Crippen molar-refractivity contribution in [3.8, 4) is 11.1 Å². The molecule has 1 amide bonds. The molecule has 7 nitrogen and oxygen atoms in total. The van der Waals surface area contributed by atoms with Crippen LogP contribution in [-0.2, 0) is 24.4 Å². The van der Waals surface area contributed by atoms with Crippen molar-refractivity contribution in [3.63, 3.8) is 0 Å². The number of aliphatic hydroxyl groups excluding tert-OH is 1. The monoisotopic (exact) mass is 534 g/mol. The summed E-state index contributed by atoms with van der Waals surface area (Å²) >= 11 is 6.43. The van der Waals surface area contributed by atoms with Crippen molar-refractivity contribution in [2.24, 2.45) is 0 Å². The first-order chi connectivity index (χ1) is 17.7. The Hall–Kier alpha value is -3.08. The number of halogens is 4. The fourth-order valence-electron chi connectivity index (χ4n) is 4.95.